The first-order valence-corrected chi connectivity index (χ1v) is 13.3. The van der Waals surface area contributed by atoms with Gasteiger partial charge in [0.15, 0.2) is 6.10 Å². The van der Waals surface area contributed by atoms with Crippen molar-refractivity contribution in [3.05, 3.63) is 76.1 Å². The number of allylic oxidation sites excluding steroid dienone is 1. The molecule has 2 N–H and O–H groups in total. The van der Waals surface area contributed by atoms with Crippen molar-refractivity contribution in [2.24, 2.45) is 0 Å². The van der Waals surface area contributed by atoms with Crippen LogP contribution in [0.1, 0.15) is 30.5 Å². The molecule has 3 amide bonds. The largest absolute Gasteiger partial charge is 0.436 e. The van der Waals surface area contributed by atoms with Crippen molar-refractivity contribution in [1.82, 2.24) is 19.4 Å². The monoisotopic (exact) mass is 607 g/mol. The number of hydrogen-bond acceptors (Lipinski definition) is 5. The van der Waals surface area contributed by atoms with E-state index in [1.807, 2.05) is 0 Å². The Morgan fingerprint density at radius 3 is 2.49 bits per heavy atom. The van der Waals surface area contributed by atoms with Gasteiger partial charge in [0, 0.05) is 57.4 Å². The number of aromatic amines is 1. The van der Waals surface area contributed by atoms with Crippen molar-refractivity contribution >= 4 is 34.5 Å². The summed E-state index contributed by atoms with van der Waals surface area (Å²) in [5.74, 6) is -1.69. The lowest BCUT2D eigenvalue weighted by Crippen LogP contribution is -2.37. The number of rotatable bonds is 11. The van der Waals surface area contributed by atoms with Gasteiger partial charge in [-0.1, -0.05) is 6.08 Å². The van der Waals surface area contributed by atoms with Gasteiger partial charge in [-0.15, -0.1) is 0 Å². The summed E-state index contributed by atoms with van der Waals surface area (Å²) in [5, 5.41) is 2.85. The molecule has 0 saturated carbocycles. The summed E-state index contributed by atoms with van der Waals surface area (Å²) in [7, 11) is 6.06. The van der Waals surface area contributed by atoms with Crippen LogP contribution in [0.4, 0.5) is 28.0 Å². The summed E-state index contributed by atoms with van der Waals surface area (Å²) in [6.07, 6.45) is -3.40. The minimum absolute atomic E-state index is 0.0337. The number of likely N-dealkylation sites (N-methyl/N-ethyl adjacent to an activating group) is 1. The van der Waals surface area contributed by atoms with Gasteiger partial charge in [0.1, 0.15) is 11.5 Å². The number of carbonyl (C=O) groups excluding carboxylic acids is 3. The second-order valence-electron chi connectivity index (χ2n) is 10.3. The standard InChI is InChI=1S/C29H33F4N5O5/c1-36(2)24(39)10-6-5-9-23(43-28(42)37(3)4)26(40)35-22-8-7-13-38(27(22)41)17-21-16-19-15-20(30)14-18(25(19)34-21)11-12-29(31,32)33/h6-8,10,13-16,23,34H,5,9,11-12,17H2,1-4H3,(H,35,40)/b10-6+/t23-/m0/s1. The predicted octanol–water partition coefficient (Wildman–Crippen LogP) is 4.44. The second kappa shape index (κ2) is 14.0. The zero-order chi connectivity index (χ0) is 31.9. The summed E-state index contributed by atoms with van der Waals surface area (Å²) < 4.78 is 59.0. The lowest BCUT2D eigenvalue weighted by molar-refractivity contribution is -0.134. The highest BCUT2D eigenvalue weighted by molar-refractivity contribution is 5.95. The van der Waals surface area contributed by atoms with Crippen LogP contribution in [0, 0.1) is 5.82 Å². The number of benzene rings is 1. The second-order valence-corrected chi connectivity index (χ2v) is 10.3. The van der Waals surface area contributed by atoms with E-state index in [9.17, 15) is 36.7 Å². The Morgan fingerprint density at radius 1 is 1.12 bits per heavy atom. The van der Waals surface area contributed by atoms with Gasteiger partial charge in [-0.2, -0.15) is 13.2 Å². The van der Waals surface area contributed by atoms with E-state index in [-0.39, 0.29) is 36.5 Å². The number of fused-ring (bicyclic) bond motifs is 1. The van der Waals surface area contributed by atoms with Crippen LogP contribution < -0.4 is 10.9 Å². The quantitative estimate of drug-likeness (QED) is 0.247. The fraction of sp³-hybridized carbons (Fsp3) is 0.379. The van der Waals surface area contributed by atoms with E-state index in [4.69, 9.17) is 4.74 Å². The van der Waals surface area contributed by atoms with Gasteiger partial charge >= 0.3 is 12.3 Å². The third-order valence-corrected chi connectivity index (χ3v) is 6.32. The zero-order valence-corrected chi connectivity index (χ0v) is 24.1. The lowest BCUT2D eigenvalue weighted by Gasteiger charge is -2.19. The van der Waals surface area contributed by atoms with E-state index < -0.39 is 48.5 Å². The predicted molar refractivity (Wildman–Crippen MR) is 152 cm³/mol. The number of aromatic nitrogens is 2. The number of nitrogens with zero attached hydrogens (tertiary/aromatic N) is 3. The van der Waals surface area contributed by atoms with Gasteiger partial charge in [-0.3, -0.25) is 14.4 Å². The van der Waals surface area contributed by atoms with Gasteiger partial charge in [0.2, 0.25) is 5.91 Å². The Labute approximate surface area is 244 Å². The molecule has 0 aliphatic rings. The molecule has 1 aromatic carbocycles. The summed E-state index contributed by atoms with van der Waals surface area (Å²) in [6.45, 7) is -0.0543. The highest BCUT2D eigenvalue weighted by Gasteiger charge is 2.27. The van der Waals surface area contributed by atoms with Gasteiger partial charge < -0.3 is 29.4 Å². The van der Waals surface area contributed by atoms with Crippen LogP contribution in [0.5, 0.6) is 0 Å². The number of ether oxygens (including phenoxy) is 1. The Morgan fingerprint density at radius 2 is 1.84 bits per heavy atom. The average Bonchev–Trinajstić information content (AvgIpc) is 3.32. The summed E-state index contributed by atoms with van der Waals surface area (Å²) >= 11 is 0. The molecule has 0 saturated heterocycles. The van der Waals surface area contributed by atoms with Crippen molar-refractivity contribution < 1.29 is 36.7 Å². The van der Waals surface area contributed by atoms with Gasteiger partial charge in [0.25, 0.3) is 11.5 Å². The number of nitrogens with one attached hydrogen (secondary N) is 2. The maximum absolute atomic E-state index is 14.1. The molecule has 43 heavy (non-hydrogen) atoms. The first-order valence-electron chi connectivity index (χ1n) is 13.3. The fourth-order valence-corrected chi connectivity index (χ4v) is 4.10. The molecule has 2 aromatic heterocycles. The molecule has 232 valence electrons. The molecular weight excluding hydrogens is 574 g/mol. The summed E-state index contributed by atoms with van der Waals surface area (Å²) in [4.78, 5) is 55.7. The Hall–Kier alpha value is -4.62. The van der Waals surface area contributed by atoms with Crippen LogP contribution >= 0.6 is 0 Å². The SMILES string of the molecule is CN(C)C(=O)/C=C/CC[C@H](OC(=O)N(C)C)C(=O)Nc1cccn(Cc2cc3cc(F)cc(CCC(F)(F)F)c3[nH]2)c1=O. The van der Waals surface area contributed by atoms with Gasteiger partial charge in [-0.05, 0) is 61.2 Å². The minimum atomic E-state index is -4.40. The molecule has 3 aromatic rings. The van der Waals surface area contributed by atoms with Crippen LogP contribution in [-0.2, 0) is 27.3 Å². The average molecular weight is 608 g/mol. The Balaban J connectivity index is 1.79. The molecule has 0 aliphatic carbocycles. The zero-order valence-electron chi connectivity index (χ0n) is 24.1. The van der Waals surface area contributed by atoms with Crippen molar-refractivity contribution in [1.29, 1.82) is 0 Å². The molecule has 0 spiro atoms. The van der Waals surface area contributed by atoms with Gasteiger partial charge in [-0.25, -0.2) is 9.18 Å². The van der Waals surface area contributed by atoms with Crippen LogP contribution in [-0.4, -0.2) is 77.7 Å². The molecule has 3 rings (SSSR count). The molecule has 0 aliphatic heterocycles. The minimum Gasteiger partial charge on any atom is -0.436 e. The number of H-pyrrole nitrogens is 1. The van der Waals surface area contributed by atoms with Crippen LogP contribution in [0.15, 0.2) is 53.5 Å². The number of pyridine rings is 1. The van der Waals surface area contributed by atoms with Crippen molar-refractivity contribution in [2.45, 2.75) is 44.5 Å². The smallest absolute Gasteiger partial charge is 0.410 e. The van der Waals surface area contributed by atoms with E-state index in [1.54, 1.807) is 26.2 Å². The first-order chi connectivity index (χ1) is 20.1. The Bertz CT molecular complexity index is 1560. The van der Waals surface area contributed by atoms with E-state index in [2.05, 4.69) is 10.3 Å². The molecule has 10 nitrogen and oxygen atoms in total. The van der Waals surface area contributed by atoms with Crippen LogP contribution in [0.2, 0.25) is 0 Å². The van der Waals surface area contributed by atoms with E-state index >= 15 is 0 Å². The van der Waals surface area contributed by atoms with Crippen LogP contribution in [0.3, 0.4) is 0 Å². The summed E-state index contributed by atoms with van der Waals surface area (Å²) in [5.41, 5.74) is 0.212. The number of alkyl halides is 3. The number of anilines is 1. The third kappa shape index (κ3) is 9.45. The lowest BCUT2D eigenvalue weighted by atomic mass is 10.1. The van der Waals surface area contributed by atoms with E-state index in [0.29, 0.717) is 16.6 Å². The van der Waals surface area contributed by atoms with E-state index in [1.165, 1.54) is 54.0 Å². The van der Waals surface area contributed by atoms with E-state index in [0.717, 1.165) is 11.0 Å². The Kier molecular flexibility index (Phi) is 10.7. The van der Waals surface area contributed by atoms with Gasteiger partial charge in [0.05, 0.1) is 6.54 Å². The summed E-state index contributed by atoms with van der Waals surface area (Å²) in [6, 6.07) is 6.65. The van der Waals surface area contributed by atoms with Crippen molar-refractivity contribution in [3.8, 4) is 0 Å². The molecule has 0 radical (unpaired) electrons. The number of aryl methyl sites for hydroxylation is 1. The first kappa shape index (κ1) is 32.9. The highest BCUT2D eigenvalue weighted by Crippen LogP contribution is 2.27. The molecular formula is C29H33F4N5O5. The molecule has 2 heterocycles. The van der Waals surface area contributed by atoms with Crippen molar-refractivity contribution in [3.63, 3.8) is 0 Å². The molecule has 0 fully saturated rings. The normalized spacial score (nSPS) is 12.4. The van der Waals surface area contributed by atoms with Crippen LogP contribution in [0.25, 0.3) is 10.9 Å². The molecule has 14 heteroatoms. The number of halogens is 4. The maximum atomic E-state index is 14.1. The number of amides is 3. The molecule has 0 bridgehead atoms. The number of carbonyl (C=O) groups is 3. The highest BCUT2D eigenvalue weighted by atomic mass is 19.4. The van der Waals surface area contributed by atoms with Crippen molar-refractivity contribution in [2.75, 3.05) is 33.5 Å². The number of hydrogen-bond donors (Lipinski definition) is 2. The fourth-order valence-electron chi connectivity index (χ4n) is 4.10. The third-order valence-electron chi connectivity index (χ3n) is 6.32. The molecule has 1 atom stereocenters. The molecule has 0 unspecified atom stereocenters. The topological polar surface area (TPSA) is 117 Å². The maximum Gasteiger partial charge on any atom is 0.410 e.